The first kappa shape index (κ1) is 23.9. The van der Waals surface area contributed by atoms with Gasteiger partial charge < -0.3 is 14.9 Å². The summed E-state index contributed by atoms with van der Waals surface area (Å²) in [6.07, 6.45) is 1.54. The number of esters is 1. The van der Waals surface area contributed by atoms with Gasteiger partial charge in [-0.05, 0) is 16.7 Å². The van der Waals surface area contributed by atoms with Gasteiger partial charge >= 0.3 is 5.97 Å². The SMILES string of the molecule is C=CCON=C(C(=O)OC)c1csc(NC(c2ccccc2)(c2ccccc2)c2ccccc2)n1. The summed E-state index contributed by atoms with van der Waals surface area (Å²) in [6, 6.07) is 30.6. The molecule has 4 rings (SSSR count). The first-order valence-electron chi connectivity index (χ1n) is 11.0. The zero-order valence-corrected chi connectivity index (χ0v) is 20.1. The van der Waals surface area contributed by atoms with Gasteiger partial charge in [0.05, 0.1) is 7.11 Å². The van der Waals surface area contributed by atoms with Crippen LogP contribution >= 0.6 is 11.3 Å². The molecular weight excluding hydrogens is 458 g/mol. The van der Waals surface area contributed by atoms with E-state index in [9.17, 15) is 4.79 Å². The van der Waals surface area contributed by atoms with Gasteiger partial charge in [-0.1, -0.05) is 109 Å². The molecule has 0 spiro atoms. The minimum atomic E-state index is -0.735. The van der Waals surface area contributed by atoms with E-state index in [0.29, 0.717) is 10.8 Å². The number of benzene rings is 3. The number of hydrogen-bond donors (Lipinski definition) is 1. The molecule has 0 atom stereocenters. The smallest absolute Gasteiger partial charge is 0.362 e. The maximum Gasteiger partial charge on any atom is 0.362 e. The molecule has 0 aliphatic carbocycles. The van der Waals surface area contributed by atoms with Crippen molar-refractivity contribution in [2.75, 3.05) is 19.0 Å². The highest BCUT2D eigenvalue weighted by molar-refractivity contribution is 7.14. The Labute approximate surface area is 208 Å². The molecular formula is C28H25N3O3S. The number of anilines is 1. The first-order valence-corrected chi connectivity index (χ1v) is 11.9. The van der Waals surface area contributed by atoms with Gasteiger partial charge in [0.2, 0.25) is 5.71 Å². The molecule has 0 aliphatic rings. The summed E-state index contributed by atoms with van der Waals surface area (Å²) >= 11 is 1.37. The molecule has 0 fully saturated rings. The maximum atomic E-state index is 12.4. The monoisotopic (exact) mass is 483 g/mol. The normalized spacial score (nSPS) is 11.5. The van der Waals surface area contributed by atoms with Gasteiger partial charge in [-0.2, -0.15) is 0 Å². The highest BCUT2D eigenvalue weighted by atomic mass is 32.1. The highest BCUT2D eigenvalue weighted by Crippen LogP contribution is 2.40. The van der Waals surface area contributed by atoms with Crippen molar-refractivity contribution < 1.29 is 14.4 Å². The molecule has 35 heavy (non-hydrogen) atoms. The Kier molecular flexibility index (Phi) is 7.70. The van der Waals surface area contributed by atoms with Crippen LogP contribution in [0.15, 0.2) is 114 Å². The molecule has 176 valence electrons. The maximum absolute atomic E-state index is 12.4. The molecule has 0 bridgehead atoms. The summed E-state index contributed by atoms with van der Waals surface area (Å²) in [5, 5.41) is 9.97. The van der Waals surface area contributed by atoms with Crippen molar-refractivity contribution in [2.45, 2.75) is 5.54 Å². The van der Waals surface area contributed by atoms with Gasteiger partial charge in [0.15, 0.2) is 5.13 Å². The Hall–Kier alpha value is -4.23. The van der Waals surface area contributed by atoms with Gasteiger partial charge in [0.1, 0.15) is 17.8 Å². The number of oxime groups is 1. The summed E-state index contributed by atoms with van der Waals surface area (Å²) in [7, 11) is 1.29. The third-order valence-electron chi connectivity index (χ3n) is 5.39. The lowest BCUT2D eigenvalue weighted by Crippen LogP contribution is -2.38. The van der Waals surface area contributed by atoms with E-state index in [4.69, 9.17) is 9.57 Å². The molecule has 7 heteroatoms. The van der Waals surface area contributed by atoms with E-state index in [0.717, 1.165) is 16.7 Å². The van der Waals surface area contributed by atoms with Gasteiger partial charge in [-0.3, -0.25) is 0 Å². The largest absolute Gasteiger partial charge is 0.464 e. The zero-order valence-electron chi connectivity index (χ0n) is 19.3. The molecule has 1 aromatic heterocycles. The van der Waals surface area contributed by atoms with Crippen molar-refractivity contribution in [3.8, 4) is 0 Å². The molecule has 0 unspecified atom stereocenters. The molecule has 0 saturated heterocycles. The second-order valence-electron chi connectivity index (χ2n) is 7.53. The number of nitrogens with one attached hydrogen (secondary N) is 1. The number of thiazole rings is 1. The minimum Gasteiger partial charge on any atom is -0.464 e. The fourth-order valence-electron chi connectivity index (χ4n) is 3.82. The third kappa shape index (κ3) is 5.15. The van der Waals surface area contributed by atoms with Gasteiger partial charge in [0.25, 0.3) is 0 Å². The van der Waals surface area contributed by atoms with Crippen LogP contribution in [0.3, 0.4) is 0 Å². The Morgan fingerprint density at radius 1 is 0.971 bits per heavy atom. The summed E-state index contributed by atoms with van der Waals surface area (Å²) in [4.78, 5) is 22.2. The summed E-state index contributed by atoms with van der Waals surface area (Å²) in [6.45, 7) is 3.75. The number of nitrogens with zero attached hydrogens (tertiary/aromatic N) is 2. The Balaban J connectivity index is 1.84. The lowest BCUT2D eigenvalue weighted by atomic mass is 9.77. The molecule has 0 aliphatic heterocycles. The second-order valence-corrected chi connectivity index (χ2v) is 8.38. The zero-order chi connectivity index (χ0) is 24.5. The number of ether oxygens (including phenoxy) is 1. The third-order valence-corrected chi connectivity index (χ3v) is 6.15. The van der Waals surface area contributed by atoms with Gasteiger partial charge in [-0.25, -0.2) is 9.78 Å². The molecule has 1 N–H and O–H groups in total. The summed E-state index contributed by atoms with van der Waals surface area (Å²) in [5.41, 5.74) is 2.75. The molecule has 3 aromatic carbocycles. The van der Waals surface area contributed by atoms with Gasteiger partial charge in [-0.15, -0.1) is 11.3 Å². The van der Waals surface area contributed by atoms with Crippen LogP contribution < -0.4 is 5.32 Å². The van der Waals surface area contributed by atoms with E-state index in [-0.39, 0.29) is 12.3 Å². The van der Waals surface area contributed by atoms with E-state index in [2.05, 4.69) is 58.4 Å². The molecule has 6 nitrogen and oxygen atoms in total. The van der Waals surface area contributed by atoms with Crippen molar-refractivity contribution >= 4 is 28.1 Å². The fourth-order valence-corrected chi connectivity index (χ4v) is 4.57. The molecule has 0 saturated carbocycles. The topological polar surface area (TPSA) is 72.8 Å². The van der Waals surface area contributed by atoms with E-state index in [1.54, 1.807) is 11.5 Å². The fraction of sp³-hybridized carbons (Fsp3) is 0.107. The summed E-state index contributed by atoms with van der Waals surface area (Å²) < 4.78 is 4.88. The minimum absolute atomic E-state index is 0.0108. The van der Waals surface area contributed by atoms with Crippen LogP contribution in [0.5, 0.6) is 0 Å². The molecule has 0 amide bonds. The predicted octanol–water partition coefficient (Wildman–Crippen LogP) is 5.63. The van der Waals surface area contributed by atoms with Crippen LogP contribution in [-0.4, -0.2) is 30.4 Å². The first-order chi connectivity index (χ1) is 17.2. The predicted molar refractivity (Wildman–Crippen MR) is 140 cm³/mol. The van der Waals surface area contributed by atoms with Crippen LogP contribution in [0.1, 0.15) is 22.4 Å². The Bertz CT molecular complexity index is 1190. The highest BCUT2D eigenvalue weighted by Gasteiger charge is 2.37. The van der Waals surface area contributed by atoms with Crippen LogP contribution in [0, 0.1) is 0 Å². The molecule has 4 aromatic rings. The van der Waals surface area contributed by atoms with Crippen molar-refractivity contribution in [1.82, 2.24) is 4.98 Å². The van der Waals surface area contributed by atoms with E-state index >= 15 is 0 Å². The van der Waals surface area contributed by atoms with Crippen LogP contribution in [0.25, 0.3) is 0 Å². The number of methoxy groups -OCH3 is 1. The lowest BCUT2D eigenvalue weighted by Gasteiger charge is -2.36. The van der Waals surface area contributed by atoms with Crippen molar-refractivity contribution in [3.63, 3.8) is 0 Å². The van der Waals surface area contributed by atoms with Crippen LogP contribution in [0.4, 0.5) is 5.13 Å². The van der Waals surface area contributed by atoms with Crippen molar-refractivity contribution in [3.05, 3.63) is 131 Å². The van der Waals surface area contributed by atoms with E-state index < -0.39 is 11.5 Å². The molecule has 1 heterocycles. The van der Waals surface area contributed by atoms with Crippen molar-refractivity contribution in [1.29, 1.82) is 0 Å². The van der Waals surface area contributed by atoms with Crippen molar-refractivity contribution in [2.24, 2.45) is 5.16 Å². The second kappa shape index (κ2) is 11.3. The van der Waals surface area contributed by atoms with Crippen LogP contribution in [-0.2, 0) is 19.9 Å². The molecule has 0 radical (unpaired) electrons. The lowest BCUT2D eigenvalue weighted by molar-refractivity contribution is -0.132. The summed E-state index contributed by atoms with van der Waals surface area (Å²) in [5.74, 6) is -0.633. The quantitative estimate of drug-likeness (QED) is 0.0791. The Morgan fingerprint density at radius 2 is 1.49 bits per heavy atom. The number of rotatable bonds is 10. The standard InChI is InChI=1S/C28H25N3O3S/c1-3-19-34-31-25(26(32)33-2)24-20-35-27(29-24)30-28(21-13-7-4-8-14-21,22-15-9-5-10-16-22)23-17-11-6-12-18-23/h3-18,20H,1,19H2,2H3,(H,29,30). The number of carbonyl (C=O) groups is 1. The van der Waals surface area contributed by atoms with E-state index in [1.165, 1.54) is 18.4 Å². The number of carbonyl (C=O) groups excluding carboxylic acids is 1. The van der Waals surface area contributed by atoms with Crippen LogP contribution in [0.2, 0.25) is 0 Å². The van der Waals surface area contributed by atoms with E-state index in [1.807, 2.05) is 54.6 Å². The number of aromatic nitrogens is 1. The number of hydrogen-bond acceptors (Lipinski definition) is 7. The van der Waals surface area contributed by atoms with Gasteiger partial charge in [0, 0.05) is 5.38 Å². The average molecular weight is 484 g/mol. The average Bonchev–Trinajstić information content (AvgIpc) is 3.39. The Morgan fingerprint density at radius 3 is 1.94 bits per heavy atom.